The van der Waals surface area contributed by atoms with Gasteiger partial charge in [0.15, 0.2) is 5.78 Å². The summed E-state index contributed by atoms with van der Waals surface area (Å²) in [6.07, 6.45) is -1.44. The average Bonchev–Trinajstić information content (AvgIpc) is 2.52. The van der Waals surface area contributed by atoms with E-state index in [4.69, 9.17) is 0 Å². The molecule has 0 saturated carbocycles. The van der Waals surface area contributed by atoms with E-state index in [-0.39, 0.29) is 5.78 Å². The third-order valence-electron chi connectivity index (χ3n) is 3.00. The quantitative estimate of drug-likeness (QED) is 0.663. The third kappa shape index (κ3) is 4.48. The highest BCUT2D eigenvalue weighted by Gasteiger charge is 2.29. The Hall–Kier alpha value is -2.56. The molecule has 1 N–H and O–H groups in total. The van der Waals surface area contributed by atoms with E-state index in [9.17, 15) is 18.0 Å². The van der Waals surface area contributed by atoms with Gasteiger partial charge in [0.2, 0.25) is 0 Å². The molecule has 2 aromatic rings. The van der Waals surface area contributed by atoms with Gasteiger partial charge in [-0.3, -0.25) is 4.79 Å². The maximum absolute atomic E-state index is 12.4. The van der Waals surface area contributed by atoms with E-state index in [1.54, 1.807) is 24.3 Å². The van der Waals surface area contributed by atoms with Crippen LogP contribution < -0.4 is 5.32 Å². The topological polar surface area (TPSA) is 29.1 Å². The molecular weight excluding hydrogens is 291 g/mol. The van der Waals surface area contributed by atoms with Crippen LogP contribution in [0.1, 0.15) is 21.5 Å². The van der Waals surface area contributed by atoms with Crippen molar-refractivity contribution in [3.8, 4) is 0 Å². The lowest BCUT2D eigenvalue weighted by molar-refractivity contribution is -0.137. The van der Waals surface area contributed by atoms with E-state index >= 15 is 0 Å². The van der Waals surface area contributed by atoms with Gasteiger partial charge >= 0.3 is 6.18 Å². The van der Waals surface area contributed by atoms with E-state index in [1.165, 1.54) is 24.4 Å². The molecule has 0 aliphatic rings. The number of allylic oxidation sites excluding steroid dienone is 1. The van der Waals surface area contributed by atoms with Crippen molar-refractivity contribution in [1.29, 1.82) is 0 Å². The monoisotopic (exact) mass is 305 g/mol. The van der Waals surface area contributed by atoms with Gasteiger partial charge in [-0.05, 0) is 17.7 Å². The van der Waals surface area contributed by atoms with Crippen molar-refractivity contribution < 1.29 is 18.0 Å². The summed E-state index contributed by atoms with van der Waals surface area (Å²) in [6.45, 7) is 0.344. The zero-order valence-electron chi connectivity index (χ0n) is 11.6. The predicted octanol–water partition coefficient (Wildman–Crippen LogP) is 4.19. The molecule has 0 amide bonds. The highest BCUT2D eigenvalue weighted by Crippen LogP contribution is 2.28. The number of nitrogens with one attached hydrogen (secondary N) is 1. The Morgan fingerprint density at radius 2 is 1.64 bits per heavy atom. The maximum atomic E-state index is 12.4. The third-order valence-corrected chi connectivity index (χ3v) is 3.00. The Kier molecular flexibility index (Phi) is 4.99. The molecule has 0 aliphatic heterocycles. The van der Waals surface area contributed by atoms with E-state index < -0.39 is 11.7 Å². The number of hydrogen-bond acceptors (Lipinski definition) is 2. The smallest absolute Gasteiger partial charge is 0.387 e. The number of carbonyl (C=O) groups excluding carboxylic acids is 1. The highest BCUT2D eigenvalue weighted by molar-refractivity contribution is 6.04. The zero-order chi connectivity index (χ0) is 16.0. The van der Waals surface area contributed by atoms with Crippen molar-refractivity contribution in [1.82, 2.24) is 5.32 Å². The van der Waals surface area contributed by atoms with Crippen LogP contribution in [0.5, 0.6) is 0 Å². The van der Waals surface area contributed by atoms with Crippen LogP contribution >= 0.6 is 0 Å². The first-order chi connectivity index (χ1) is 10.5. The molecule has 0 atom stereocenters. The van der Waals surface area contributed by atoms with Crippen LogP contribution in [0.3, 0.4) is 0 Å². The lowest BCUT2D eigenvalue weighted by Crippen LogP contribution is -2.08. The Morgan fingerprint density at radius 3 is 2.23 bits per heavy atom. The van der Waals surface area contributed by atoms with Crippen LogP contribution in [0.4, 0.5) is 13.2 Å². The van der Waals surface area contributed by atoms with Gasteiger partial charge in [0.25, 0.3) is 0 Å². The zero-order valence-corrected chi connectivity index (χ0v) is 11.6. The number of carbonyl (C=O) groups is 1. The summed E-state index contributed by atoms with van der Waals surface area (Å²) in [5.74, 6) is -0.138. The second kappa shape index (κ2) is 6.93. The van der Waals surface area contributed by atoms with Crippen molar-refractivity contribution in [3.05, 3.63) is 83.6 Å². The fourth-order valence-electron chi connectivity index (χ4n) is 1.82. The molecule has 2 rings (SSSR count). The van der Waals surface area contributed by atoms with E-state index in [0.29, 0.717) is 17.7 Å². The molecule has 0 bridgehead atoms. The van der Waals surface area contributed by atoms with Crippen LogP contribution in [0, 0.1) is 0 Å². The number of ketones is 1. The largest absolute Gasteiger partial charge is 0.416 e. The lowest BCUT2D eigenvalue weighted by atomic mass is 10.1. The van der Waals surface area contributed by atoms with Crippen molar-refractivity contribution in [2.45, 2.75) is 12.7 Å². The van der Waals surface area contributed by atoms with Crippen LogP contribution in [0.15, 0.2) is 66.9 Å². The normalized spacial score (nSPS) is 11.6. The summed E-state index contributed by atoms with van der Waals surface area (Å²) in [7, 11) is 0. The van der Waals surface area contributed by atoms with Crippen LogP contribution in [-0.2, 0) is 12.7 Å². The second-order valence-corrected chi connectivity index (χ2v) is 4.64. The minimum absolute atomic E-state index is 0.138. The Bertz CT molecular complexity index is 646. The number of hydrogen-bond donors (Lipinski definition) is 1. The highest BCUT2D eigenvalue weighted by atomic mass is 19.4. The summed E-state index contributed by atoms with van der Waals surface area (Å²) in [5, 5.41) is 2.88. The van der Waals surface area contributed by atoms with Gasteiger partial charge in [-0.1, -0.05) is 42.5 Å². The summed E-state index contributed by atoms with van der Waals surface area (Å²) in [4.78, 5) is 11.8. The summed E-state index contributed by atoms with van der Waals surface area (Å²) in [6, 6.07) is 13.7. The molecule has 2 nitrogen and oxygen atoms in total. The van der Waals surface area contributed by atoms with Gasteiger partial charge in [-0.2, -0.15) is 13.2 Å². The number of rotatable bonds is 5. The molecule has 0 aromatic heterocycles. The van der Waals surface area contributed by atoms with Gasteiger partial charge in [-0.15, -0.1) is 0 Å². The van der Waals surface area contributed by atoms with Crippen LogP contribution in [0.25, 0.3) is 0 Å². The molecule has 0 unspecified atom stereocenters. The van der Waals surface area contributed by atoms with E-state index in [1.807, 2.05) is 6.07 Å². The van der Waals surface area contributed by atoms with Crippen molar-refractivity contribution in [2.24, 2.45) is 0 Å². The standard InChI is InChI=1S/C17H14F3NO/c18-17(19,20)15-8-6-13(7-9-15)12-21-11-10-16(22)14-4-2-1-3-5-14/h1-11,21H,12H2. The van der Waals surface area contributed by atoms with Crippen molar-refractivity contribution in [3.63, 3.8) is 0 Å². The van der Waals surface area contributed by atoms with Gasteiger partial charge in [0.1, 0.15) is 0 Å². The van der Waals surface area contributed by atoms with Crippen molar-refractivity contribution >= 4 is 5.78 Å². The van der Waals surface area contributed by atoms with Gasteiger partial charge in [0, 0.05) is 24.4 Å². The van der Waals surface area contributed by atoms with Crippen molar-refractivity contribution in [2.75, 3.05) is 0 Å². The minimum Gasteiger partial charge on any atom is -0.387 e. The fourth-order valence-corrected chi connectivity index (χ4v) is 1.82. The molecule has 0 saturated heterocycles. The first-order valence-corrected chi connectivity index (χ1v) is 6.62. The van der Waals surface area contributed by atoms with Gasteiger partial charge in [-0.25, -0.2) is 0 Å². The number of alkyl halides is 3. The maximum Gasteiger partial charge on any atom is 0.416 e. The molecule has 2 aromatic carbocycles. The molecular formula is C17H14F3NO. The number of halogens is 3. The molecule has 22 heavy (non-hydrogen) atoms. The summed E-state index contributed by atoms with van der Waals surface area (Å²) in [5.41, 5.74) is 0.603. The van der Waals surface area contributed by atoms with Gasteiger partial charge in [0.05, 0.1) is 5.56 Å². The van der Waals surface area contributed by atoms with Crippen LogP contribution in [0.2, 0.25) is 0 Å². The molecule has 0 aliphatic carbocycles. The Balaban J connectivity index is 1.86. The Labute approximate surface area is 126 Å². The molecule has 0 heterocycles. The Morgan fingerprint density at radius 1 is 1.00 bits per heavy atom. The lowest BCUT2D eigenvalue weighted by Gasteiger charge is -2.07. The summed E-state index contributed by atoms with van der Waals surface area (Å²) < 4.78 is 37.2. The predicted molar refractivity (Wildman–Crippen MR) is 78.2 cm³/mol. The van der Waals surface area contributed by atoms with Gasteiger partial charge < -0.3 is 5.32 Å². The minimum atomic E-state index is -4.33. The summed E-state index contributed by atoms with van der Waals surface area (Å²) >= 11 is 0. The van der Waals surface area contributed by atoms with Crippen LogP contribution in [-0.4, -0.2) is 5.78 Å². The molecule has 114 valence electrons. The first-order valence-electron chi connectivity index (χ1n) is 6.62. The number of benzene rings is 2. The average molecular weight is 305 g/mol. The molecule has 0 radical (unpaired) electrons. The fraction of sp³-hybridized carbons (Fsp3) is 0.118. The molecule has 5 heteroatoms. The molecule has 0 fully saturated rings. The SMILES string of the molecule is O=C(C=CNCc1ccc(C(F)(F)F)cc1)c1ccccc1. The molecule has 0 spiro atoms. The first kappa shape index (κ1) is 15.8. The van der Waals surface area contributed by atoms with E-state index in [0.717, 1.165) is 12.1 Å². The second-order valence-electron chi connectivity index (χ2n) is 4.64. The van der Waals surface area contributed by atoms with E-state index in [2.05, 4.69) is 5.32 Å².